The number of aromatic amines is 1. The molecule has 3 aromatic rings. The highest BCUT2D eigenvalue weighted by Gasteiger charge is 2.17. The first kappa shape index (κ1) is 20.6. The monoisotopic (exact) mass is 400 g/mol. The van der Waals surface area contributed by atoms with Crippen LogP contribution < -0.4 is 16.3 Å². The number of anilines is 2. The van der Waals surface area contributed by atoms with Crippen molar-refractivity contribution in [2.45, 2.75) is 46.2 Å². The predicted octanol–water partition coefficient (Wildman–Crippen LogP) is 3.26. The molecule has 29 heavy (non-hydrogen) atoms. The molecule has 0 saturated carbocycles. The Morgan fingerprint density at radius 1 is 1.34 bits per heavy atom. The number of esters is 1. The number of furan rings is 1. The van der Waals surface area contributed by atoms with E-state index in [9.17, 15) is 9.59 Å². The Balaban J connectivity index is 1.97. The van der Waals surface area contributed by atoms with Gasteiger partial charge in [0.05, 0.1) is 48.2 Å². The normalized spacial score (nSPS) is 11.1. The molecule has 2 heterocycles. The van der Waals surface area contributed by atoms with Gasteiger partial charge in [0.2, 0.25) is 0 Å². The highest BCUT2D eigenvalue weighted by molar-refractivity contribution is 5.87. The van der Waals surface area contributed by atoms with E-state index >= 15 is 0 Å². The zero-order valence-corrected chi connectivity index (χ0v) is 16.9. The fourth-order valence-electron chi connectivity index (χ4n) is 3.36. The number of ether oxygens (including phenoxy) is 1. The van der Waals surface area contributed by atoms with Gasteiger partial charge in [-0.2, -0.15) is 0 Å². The van der Waals surface area contributed by atoms with Crippen molar-refractivity contribution in [2.24, 2.45) is 0 Å². The van der Waals surface area contributed by atoms with Gasteiger partial charge < -0.3 is 24.8 Å². The summed E-state index contributed by atoms with van der Waals surface area (Å²) in [5, 5.41) is 0. The Hall–Kier alpha value is -3.16. The number of imidazole rings is 1. The van der Waals surface area contributed by atoms with Gasteiger partial charge >= 0.3 is 11.7 Å². The largest absolute Gasteiger partial charge is 0.467 e. The molecule has 156 valence electrons. The Bertz CT molecular complexity index is 1000. The number of nitrogen functional groups attached to an aromatic ring is 1. The molecule has 0 aliphatic heterocycles. The fraction of sp³-hybridized carbons (Fsp3) is 0.429. The Morgan fingerprint density at radius 3 is 2.86 bits per heavy atom. The van der Waals surface area contributed by atoms with Crippen molar-refractivity contribution < 1.29 is 13.9 Å². The fourth-order valence-corrected chi connectivity index (χ4v) is 3.36. The number of fused-ring (bicyclic) bond motifs is 1. The molecule has 0 unspecified atom stereocenters. The molecular weight excluding hydrogens is 372 g/mol. The molecule has 0 spiro atoms. The van der Waals surface area contributed by atoms with Gasteiger partial charge in [-0.05, 0) is 37.6 Å². The molecule has 3 N–H and O–H groups in total. The smallest absolute Gasteiger partial charge is 0.326 e. The molecule has 0 radical (unpaired) electrons. The molecule has 3 rings (SSSR count). The molecule has 0 atom stereocenters. The van der Waals surface area contributed by atoms with Crippen LogP contribution in [0, 0.1) is 0 Å². The Labute approximate surface area is 169 Å². The first-order valence-electron chi connectivity index (χ1n) is 9.98. The number of aromatic nitrogens is 2. The van der Waals surface area contributed by atoms with Crippen molar-refractivity contribution >= 4 is 28.4 Å². The number of carbonyl (C=O) groups excluding carboxylic acids is 1. The number of nitrogens with one attached hydrogen (secondary N) is 1. The third-order valence-electron chi connectivity index (χ3n) is 4.82. The van der Waals surface area contributed by atoms with E-state index < -0.39 is 0 Å². The summed E-state index contributed by atoms with van der Waals surface area (Å²) in [7, 11) is 0. The second-order valence-corrected chi connectivity index (χ2v) is 6.92. The van der Waals surface area contributed by atoms with Gasteiger partial charge in [0.1, 0.15) is 5.76 Å². The summed E-state index contributed by atoms with van der Waals surface area (Å²) >= 11 is 0. The Kier molecular flexibility index (Phi) is 6.64. The standard InChI is InChI=1S/C21H28N4O4/c1-3-5-9-25-19-13-18(16(22)12-17(19)23-21(25)27)24(10-8-20(26)28-4-2)14-15-7-6-11-29-15/h6-7,11-13H,3-5,8-10,14,22H2,1-2H3,(H,23,27). The van der Waals surface area contributed by atoms with Crippen LogP contribution in [-0.2, 0) is 22.6 Å². The van der Waals surface area contributed by atoms with Gasteiger partial charge in [0.25, 0.3) is 0 Å². The van der Waals surface area contributed by atoms with E-state index in [0.29, 0.717) is 37.4 Å². The van der Waals surface area contributed by atoms with E-state index in [4.69, 9.17) is 14.9 Å². The van der Waals surface area contributed by atoms with Crippen LogP contribution >= 0.6 is 0 Å². The molecule has 1 aromatic carbocycles. The minimum Gasteiger partial charge on any atom is -0.467 e. The molecule has 0 aliphatic carbocycles. The second kappa shape index (κ2) is 9.36. The Morgan fingerprint density at radius 2 is 2.17 bits per heavy atom. The zero-order chi connectivity index (χ0) is 20.8. The topological polar surface area (TPSA) is 106 Å². The average Bonchev–Trinajstić information content (AvgIpc) is 3.30. The zero-order valence-electron chi connectivity index (χ0n) is 16.9. The summed E-state index contributed by atoms with van der Waals surface area (Å²) in [4.78, 5) is 29.1. The molecule has 0 amide bonds. The number of carbonyl (C=O) groups is 1. The van der Waals surface area contributed by atoms with Gasteiger partial charge in [-0.15, -0.1) is 0 Å². The summed E-state index contributed by atoms with van der Waals surface area (Å²) in [6.07, 6.45) is 3.73. The lowest BCUT2D eigenvalue weighted by Gasteiger charge is -2.25. The highest BCUT2D eigenvalue weighted by atomic mass is 16.5. The van der Waals surface area contributed by atoms with Gasteiger partial charge in [-0.3, -0.25) is 9.36 Å². The minimum absolute atomic E-state index is 0.144. The van der Waals surface area contributed by atoms with Crippen molar-refractivity contribution in [1.82, 2.24) is 9.55 Å². The maximum atomic E-state index is 12.4. The lowest BCUT2D eigenvalue weighted by atomic mass is 10.2. The van der Waals surface area contributed by atoms with Crippen molar-refractivity contribution in [3.05, 3.63) is 46.8 Å². The van der Waals surface area contributed by atoms with Crippen LogP contribution in [0.5, 0.6) is 0 Å². The number of hydrogen-bond acceptors (Lipinski definition) is 6. The maximum Gasteiger partial charge on any atom is 0.326 e. The van der Waals surface area contributed by atoms with Crippen molar-refractivity contribution in [2.75, 3.05) is 23.8 Å². The summed E-state index contributed by atoms with van der Waals surface area (Å²) < 4.78 is 12.3. The predicted molar refractivity (Wildman–Crippen MR) is 113 cm³/mol. The van der Waals surface area contributed by atoms with Gasteiger partial charge in [-0.25, -0.2) is 4.79 Å². The number of H-pyrrole nitrogens is 1. The number of hydrogen-bond donors (Lipinski definition) is 2. The van der Waals surface area contributed by atoms with E-state index in [0.717, 1.165) is 29.8 Å². The molecular formula is C21H28N4O4. The highest BCUT2D eigenvalue weighted by Crippen LogP contribution is 2.30. The number of benzene rings is 1. The van der Waals surface area contributed by atoms with E-state index in [1.807, 2.05) is 23.1 Å². The quantitative estimate of drug-likeness (QED) is 0.400. The molecule has 2 aromatic heterocycles. The summed E-state index contributed by atoms with van der Waals surface area (Å²) in [5.41, 5.74) is 8.96. The first-order chi connectivity index (χ1) is 14.0. The van der Waals surface area contributed by atoms with Crippen LogP contribution in [0.15, 0.2) is 39.7 Å². The summed E-state index contributed by atoms with van der Waals surface area (Å²) in [5.74, 6) is 0.490. The van der Waals surface area contributed by atoms with Crippen LogP contribution in [0.25, 0.3) is 11.0 Å². The third-order valence-corrected chi connectivity index (χ3v) is 4.82. The second-order valence-electron chi connectivity index (χ2n) is 6.92. The number of rotatable bonds is 10. The molecule has 0 fully saturated rings. The van der Waals surface area contributed by atoms with Crippen molar-refractivity contribution in [3.63, 3.8) is 0 Å². The van der Waals surface area contributed by atoms with E-state index in [1.165, 1.54) is 0 Å². The third kappa shape index (κ3) is 4.82. The first-order valence-corrected chi connectivity index (χ1v) is 9.98. The minimum atomic E-state index is -0.266. The SMILES string of the molecule is CCCCn1c(=O)[nH]c2cc(N)c(N(CCC(=O)OCC)Cc3ccco3)cc21. The van der Waals surface area contributed by atoms with Crippen molar-refractivity contribution in [1.29, 1.82) is 0 Å². The molecule has 8 heteroatoms. The van der Waals surface area contributed by atoms with Gasteiger partial charge in [0, 0.05) is 13.1 Å². The lowest BCUT2D eigenvalue weighted by Crippen LogP contribution is -2.27. The molecule has 0 saturated heterocycles. The van der Waals surface area contributed by atoms with Crippen LogP contribution in [0.2, 0.25) is 0 Å². The number of nitrogens with zero attached hydrogens (tertiary/aromatic N) is 2. The van der Waals surface area contributed by atoms with Crippen LogP contribution in [-0.4, -0.2) is 28.7 Å². The summed E-state index contributed by atoms with van der Waals surface area (Å²) in [6, 6.07) is 7.37. The summed E-state index contributed by atoms with van der Waals surface area (Å²) in [6.45, 7) is 5.72. The van der Waals surface area contributed by atoms with E-state index in [2.05, 4.69) is 11.9 Å². The van der Waals surface area contributed by atoms with Crippen LogP contribution in [0.1, 0.15) is 38.9 Å². The van der Waals surface area contributed by atoms with E-state index in [-0.39, 0.29) is 18.1 Å². The number of unbranched alkanes of at least 4 members (excludes halogenated alkanes) is 1. The maximum absolute atomic E-state index is 12.4. The van der Waals surface area contributed by atoms with Gasteiger partial charge in [0.15, 0.2) is 0 Å². The number of aryl methyl sites for hydroxylation is 1. The average molecular weight is 400 g/mol. The molecule has 0 aliphatic rings. The van der Waals surface area contributed by atoms with E-state index in [1.54, 1.807) is 23.8 Å². The lowest BCUT2D eigenvalue weighted by molar-refractivity contribution is -0.142. The van der Waals surface area contributed by atoms with Gasteiger partial charge in [-0.1, -0.05) is 13.3 Å². The number of nitrogens with two attached hydrogens (primary N) is 1. The molecule has 8 nitrogen and oxygen atoms in total. The van der Waals surface area contributed by atoms with Crippen LogP contribution in [0.3, 0.4) is 0 Å². The van der Waals surface area contributed by atoms with Crippen molar-refractivity contribution in [3.8, 4) is 0 Å². The molecule has 0 bridgehead atoms. The van der Waals surface area contributed by atoms with Crippen LogP contribution in [0.4, 0.5) is 11.4 Å².